The zero-order chi connectivity index (χ0) is 14.5. The molecule has 0 aliphatic carbocycles. The second-order valence-corrected chi connectivity index (χ2v) is 4.83. The third kappa shape index (κ3) is 3.27. The first-order valence-corrected chi connectivity index (χ1v) is 6.59. The highest BCUT2D eigenvalue weighted by atomic mass is 79.9. The molecule has 2 rings (SSSR count). The number of nitro benzene ring substituents is 1. The lowest BCUT2D eigenvalue weighted by atomic mass is 10.2. The van der Waals surface area contributed by atoms with E-state index in [-0.39, 0.29) is 5.69 Å². The Kier molecular flexibility index (Phi) is 4.57. The molecule has 0 atom stereocenters. The van der Waals surface area contributed by atoms with E-state index in [0.29, 0.717) is 18.1 Å². The molecule has 0 amide bonds. The Bertz CT molecular complexity index is 630. The molecule has 6 heteroatoms. The fourth-order valence-corrected chi connectivity index (χ4v) is 2.06. The summed E-state index contributed by atoms with van der Waals surface area (Å²) in [5.41, 5.74) is 0.947. The largest absolute Gasteiger partial charge is 0.493 e. The van der Waals surface area contributed by atoms with Gasteiger partial charge in [-0.05, 0) is 12.1 Å². The molecular weight excluding hydrogens is 326 g/mol. The third-order valence-electron chi connectivity index (χ3n) is 2.70. The monoisotopic (exact) mass is 337 g/mol. The van der Waals surface area contributed by atoms with Gasteiger partial charge in [-0.25, -0.2) is 0 Å². The summed E-state index contributed by atoms with van der Waals surface area (Å²) in [6.45, 7) is 0.343. The fraction of sp³-hybridized carbons (Fsp3) is 0.143. The smallest absolute Gasteiger partial charge is 0.273 e. The summed E-state index contributed by atoms with van der Waals surface area (Å²) in [6, 6.07) is 11.9. The predicted molar refractivity (Wildman–Crippen MR) is 78.1 cm³/mol. The molecular formula is C14H12BrNO4. The van der Waals surface area contributed by atoms with Crippen molar-refractivity contribution in [3.05, 3.63) is 62.6 Å². The van der Waals surface area contributed by atoms with E-state index in [9.17, 15) is 10.1 Å². The molecule has 0 heterocycles. The Labute approximate surface area is 124 Å². The quantitative estimate of drug-likeness (QED) is 0.612. The van der Waals surface area contributed by atoms with Crippen LogP contribution < -0.4 is 9.47 Å². The van der Waals surface area contributed by atoms with Gasteiger partial charge in [0.25, 0.3) is 5.69 Å². The minimum Gasteiger partial charge on any atom is -0.493 e. The van der Waals surface area contributed by atoms with Crippen LogP contribution in [-0.2, 0) is 6.61 Å². The van der Waals surface area contributed by atoms with E-state index in [4.69, 9.17) is 9.47 Å². The second-order valence-electron chi connectivity index (χ2n) is 3.97. The molecule has 0 unspecified atom stereocenters. The zero-order valence-electron chi connectivity index (χ0n) is 10.7. The highest BCUT2D eigenvalue weighted by molar-refractivity contribution is 9.10. The van der Waals surface area contributed by atoms with Crippen molar-refractivity contribution < 1.29 is 14.4 Å². The van der Waals surface area contributed by atoms with Crippen molar-refractivity contribution in [1.29, 1.82) is 0 Å². The Morgan fingerprint density at radius 3 is 2.60 bits per heavy atom. The van der Waals surface area contributed by atoms with Gasteiger partial charge in [0.2, 0.25) is 0 Å². The number of halogens is 1. The molecule has 2 aromatic rings. The maximum absolute atomic E-state index is 10.7. The maximum atomic E-state index is 10.7. The van der Waals surface area contributed by atoms with Gasteiger partial charge in [-0.2, -0.15) is 0 Å². The Morgan fingerprint density at radius 2 is 1.95 bits per heavy atom. The molecule has 0 spiro atoms. The molecule has 104 valence electrons. The van der Waals surface area contributed by atoms with Crippen molar-refractivity contribution in [2.75, 3.05) is 7.11 Å². The van der Waals surface area contributed by atoms with Crippen LogP contribution in [0.4, 0.5) is 5.69 Å². The van der Waals surface area contributed by atoms with Gasteiger partial charge in [0, 0.05) is 16.1 Å². The van der Waals surface area contributed by atoms with Gasteiger partial charge in [0.05, 0.1) is 18.1 Å². The van der Waals surface area contributed by atoms with Gasteiger partial charge in [0.1, 0.15) is 6.61 Å². The first kappa shape index (κ1) is 14.3. The molecule has 20 heavy (non-hydrogen) atoms. The Balaban J connectivity index is 2.17. The first-order valence-electron chi connectivity index (χ1n) is 5.80. The number of nitro groups is 1. The van der Waals surface area contributed by atoms with Gasteiger partial charge >= 0.3 is 0 Å². The molecule has 0 saturated heterocycles. The van der Waals surface area contributed by atoms with E-state index >= 15 is 0 Å². The molecule has 0 aromatic heterocycles. The predicted octanol–water partition coefficient (Wildman–Crippen LogP) is 3.94. The molecule has 0 radical (unpaired) electrons. The molecule has 0 aliphatic rings. The highest BCUT2D eigenvalue weighted by Gasteiger charge is 2.12. The lowest BCUT2D eigenvalue weighted by Crippen LogP contribution is -1.99. The molecule has 0 fully saturated rings. The standard InChI is InChI=1S/C14H12BrNO4/c1-19-14-8-11(16(17)18)6-7-13(14)20-9-10-4-2-3-5-12(10)15/h2-8H,9H2,1H3. The van der Waals surface area contributed by atoms with Crippen LogP contribution in [0.3, 0.4) is 0 Å². The van der Waals surface area contributed by atoms with Crippen LogP contribution in [-0.4, -0.2) is 12.0 Å². The zero-order valence-corrected chi connectivity index (χ0v) is 12.3. The summed E-state index contributed by atoms with van der Waals surface area (Å²) in [6.07, 6.45) is 0. The summed E-state index contributed by atoms with van der Waals surface area (Å²) in [5.74, 6) is 0.806. The van der Waals surface area contributed by atoms with Gasteiger partial charge in [0.15, 0.2) is 11.5 Å². The summed E-state index contributed by atoms with van der Waals surface area (Å²) in [4.78, 5) is 10.2. The number of nitrogens with zero attached hydrogens (tertiary/aromatic N) is 1. The van der Waals surface area contributed by atoms with E-state index in [2.05, 4.69) is 15.9 Å². The van der Waals surface area contributed by atoms with Gasteiger partial charge in [-0.15, -0.1) is 0 Å². The number of hydrogen-bond donors (Lipinski definition) is 0. The number of rotatable bonds is 5. The maximum Gasteiger partial charge on any atom is 0.273 e. The minimum atomic E-state index is -0.472. The van der Waals surface area contributed by atoms with Crippen molar-refractivity contribution in [3.8, 4) is 11.5 Å². The van der Waals surface area contributed by atoms with E-state index < -0.39 is 4.92 Å². The van der Waals surface area contributed by atoms with E-state index in [0.717, 1.165) is 10.0 Å². The first-order chi connectivity index (χ1) is 9.61. The van der Waals surface area contributed by atoms with Gasteiger partial charge < -0.3 is 9.47 Å². The van der Waals surface area contributed by atoms with Crippen LogP contribution in [0.5, 0.6) is 11.5 Å². The Morgan fingerprint density at radius 1 is 1.20 bits per heavy atom. The number of hydrogen-bond acceptors (Lipinski definition) is 4. The van der Waals surface area contributed by atoms with Crippen LogP contribution in [0.25, 0.3) is 0 Å². The summed E-state index contributed by atoms with van der Waals surface area (Å²) >= 11 is 3.44. The fourth-order valence-electron chi connectivity index (χ4n) is 1.66. The number of benzene rings is 2. The molecule has 5 nitrogen and oxygen atoms in total. The summed E-state index contributed by atoms with van der Waals surface area (Å²) in [7, 11) is 1.45. The minimum absolute atomic E-state index is 0.0323. The van der Waals surface area contributed by atoms with Crippen molar-refractivity contribution in [1.82, 2.24) is 0 Å². The van der Waals surface area contributed by atoms with E-state index in [1.54, 1.807) is 0 Å². The second kappa shape index (κ2) is 6.38. The number of non-ortho nitro benzene ring substituents is 1. The lowest BCUT2D eigenvalue weighted by molar-refractivity contribution is -0.385. The molecule has 0 bridgehead atoms. The lowest BCUT2D eigenvalue weighted by Gasteiger charge is -2.11. The normalized spacial score (nSPS) is 10.1. The summed E-state index contributed by atoms with van der Waals surface area (Å²) < 4.78 is 11.7. The average Bonchev–Trinajstić information content (AvgIpc) is 2.46. The van der Waals surface area contributed by atoms with Crippen molar-refractivity contribution in [2.24, 2.45) is 0 Å². The van der Waals surface area contributed by atoms with Crippen LogP contribution in [0.15, 0.2) is 46.9 Å². The SMILES string of the molecule is COc1cc([N+](=O)[O-])ccc1OCc1ccccc1Br. The average molecular weight is 338 g/mol. The van der Waals surface area contributed by atoms with Crippen molar-refractivity contribution in [3.63, 3.8) is 0 Å². The number of ether oxygens (including phenoxy) is 2. The van der Waals surface area contributed by atoms with E-state index in [1.807, 2.05) is 24.3 Å². The van der Waals surface area contributed by atoms with Crippen LogP contribution in [0.2, 0.25) is 0 Å². The third-order valence-corrected chi connectivity index (χ3v) is 3.47. The van der Waals surface area contributed by atoms with Crippen molar-refractivity contribution >= 4 is 21.6 Å². The van der Waals surface area contributed by atoms with Crippen molar-refractivity contribution in [2.45, 2.75) is 6.61 Å². The molecule has 0 aliphatic heterocycles. The number of methoxy groups -OCH3 is 1. The molecule has 0 saturated carbocycles. The topological polar surface area (TPSA) is 61.6 Å². The van der Waals surface area contributed by atoms with Crippen LogP contribution in [0, 0.1) is 10.1 Å². The Hall–Kier alpha value is -2.08. The molecule has 2 aromatic carbocycles. The van der Waals surface area contributed by atoms with Crippen LogP contribution in [0.1, 0.15) is 5.56 Å². The van der Waals surface area contributed by atoms with Gasteiger partial charge in [-0.1, -0.05) is 34.1 Å². The van der Waals surface area contributed by atoms with Gasteiger partial charge in [-0.3, -0.25) is 10.1 Å². The summed E-state index contributed by atoms with van der Waals surface area (Å²) in [5, 5.41) is 10.7. The molecule has 0 N–H and O–H groups in total. The highest BCUT2D eigenvalue weighted by Crippen LogP contribution is 2.32. The van der Waals surface area contributed by atoms with Crippen LogP contribution >= 0.6 is 15.9 Å². The van der Waals surface area contributed by atoms with E-state index in [1.165, 1.54) is 25.3 Å².